The van der Waals surface area contributed by atoms with Crippen LogP contribution in [0.1, 0.15) is 22.5 Å². The smallest absolute Gasteiger partial charge is 0.261 e. The van der Waals surface area contributed by atoms with Crippen LogP contribution >= 0.6 is 11.3 Å². The van der Waals surface area contributed by atoms with Crippen LogP contribution in [0.2, 0.25) is 0 Å². The largest absolute Gasteiger partial charge is 0.352 e. The summed E-state index contributed by atoms with van der Waals surface area (Å²) in [6, 6.07) is 3.62. The Bertz CT molecular complexity index is 610. The van der Waals surface area contributed by atoms with E-state index in [4.69, 9.17) is 0 Å². The quantitative estimate of drug-likeness (QED) is 0.490. The Kier molecular flexibility index (Phi) is 8.30. The van der Waals surface area contributed by atoms with Gasteiger partial charge in [0.1, 0.15) is 0 Å². The molecule has 1 aliphatic heterocycles. The number of rotatable bonds is 9. The van der Waals surface area contributed by atoms with Crippen LogP contribution in [0.5, 0.6) is 0 Å². The van der Waals surface area contributed by atoms with Gasteiger partial charge >= 0.3 is 0 Å². The monoisotopic (exact) mass is 378 g/mol. The molecule has 0 aliphatic carbocycles. The summed E-state index contributed by atoms with van der Waals surface area (Å²) in [5, 5.41) is 7.45. The molecule has 8 heteroatoms. The highest BCUT2D eigenvalue weighted by Gasteiger charge is 2.21. The van der Waals surface area contributed by atoms with E-state index in [0.717, 1.165) is 0 Å². The predicted octanol–water partition coefficient (Wildman–Crippen LogP) is 0.705. The molecule has 1 aromatic rings. The van der Waals surface area contributed by atoms with E-state index in [1.807, 2.05) is 21.2 Å². The summed E-state index contributed by atoms with van der Waals surface area (Å²) in [4.78, 5) is 40.3. The first-order valence-corrected chi connectivity index (χ1v) is 9.67. The molecule has 2 rings (SSSR count). The van der Waals surface area contributed by atoms with Crippen molar-refractivity contribution in [1.82, 2.24) is 20.4 Å². The van der Waals surface area contributed by atoms with Crippen molar-refractivity contribution >= 4 is 29.1 Å². The standard InChI is InChI=1S/C18H26N4O3S/c1-2-7-19-16(23)14-21-9-11-22(12-10-21)17(24)6-3-8-20-18(25)15-5-4-13-26-15/h2,4-5,13H,1,3,6-12,14H2,(H,19,23)(H,20,25). The van der Waals surface area contributed by atoms with Gasteiger partial charge < -0.3 is 15.5 Å². The molecule has 1 aromatic heterocycles. The average Bonchev–Trinajstić information content (AvgIpc) is 3.18. The van der Waals surface area contributed by atoms with Crippen LogP contribution in [-0.2, 0) is 9.59 Å². The fourth-order valence-corrected chi connectivity index (χ4v) is 3.33. The molecule has 0 spiro atoms. The van der Waals surface area contributed by atoms with Gasteiger partial charge in [0.25, 0.3) is 5.91 Å². The highest BCUT2D eigenvalue weighted by atomic mass is 32.1. The second kappa shape index (κ2) is 10.7. The molecule has 7 nitrogen and oxygen atoms in total. The molecule has 0 saturated carbocycles. The third kappa shape index (κ3) is 6.61. The fourth-order valence-electron chi connectivity index (χ4n) is 2.69. The Hall–Kier alpha value is -2.19. The van der Waals surface area contributed by atoms with E-state index in [2.05, 4.69) is 17.2 Å². The number of piperazine rings is 1. The van der Waals surface area contributed by atoms with Gasteiger partial charge in [0.05, 0.1) is 11.4 Å². The number of hydrogen-bond donors (Lipinski definition) is 2. The molecule has 1 fully saturated rings. The maximum Gasteiger partial charge on any atom is 0.261 e. The number of amides is 3. The van der Waals surface area contributed by atoms with Crippen LogP contribution in [0.15, 0.2) is 30.2 Å². The fraction of sp³-hybridized carbons (Fsp3) is 0.500. The minimum atomic E-state index is -0.0872. The van der Waals surface area contributed by atoms with Crippen molar-refractivity contribution in [2.75, 3.05) is 45.8 Å². The molecular formula is C18H26N4O3S. The number of carbonyl (C=O) groups excluding carboxylic acids is 3. The normalized spacial score (nSPS) is 14.7. The lowest BCUT2D eigenvalue weighted by atomic mass is 10.2. The SMILES string of the molecule is C=CCNC(=O)CN1CCN(C(=O)CCCNC(=O)c2cccs2)CC1. The predicted molar refractivity (Wildman–Crippen MR) is 102 cm³/mol. The molecule has 1 aliphatic rings. The highest BCUT2D eigenvalue weighted by Crippen LogP contribution is 2.08. The Balaban J connectivity index is 1.58. The molecule has 0 radical (unpaired) electrons. The maximum absolute atomic E-state index is 12.2. The van der Waals surface area contributed by atoms with Crippen LogP contribution in [0.4, 0.5) is 0 Å². The summed E-state index contributed by atoms with van der Waals surface area (Å²) in [7, 11) is 0. The van der Waals surface area contributed by atoms with Crippen molar-refractivity contribution in [1.29, 1.82) is 0 Å². The minimum absolute atomic E-state index is 0.0221. The van der Waals surface area contributed by atoms with Crippen molar-refractivity contribution in [3.8, 4) is 0 Å². The zero-order chi connectivity index (χ0) is 18.8. The molecule has 2 heterocycles. The van der Waals surface area contributed by atoms with Crippen LogP contribution < -0.4 is 10.6 Å². The maximum atomic E-state index is 12.2. The van der Waals surface area contributed by atoms with Gasteiger partial charge in [-0.3, -0.25) is 19.3 Å². The van der Waals surface area contributed by atoms with Crippen molar-refractivity contribution in [3.05, 3.63) is 35.0 Å². The van der Waals surface area contributed by atoms with Gasteiger partial charge in [-0.15, -0.1) is 17.9 Å². The molecule has 26 heavy (non-hydrogen) atoms. The van der Waals surface area contributed by atoms with Crippen molar-refractivity contribution in [2.24, 2.45) is 0 Å². The van der Waals surface area contributed by atoms with Crippen LogP contribution in [0.3, 0.4) is 0 Å². The van der Waals surface area contributed by atoms with E-state index in [-0.39, 0.29) is 17.7 Å². The van der Waals surface area contributed by atoms with Gasteiger partial charge in [0, 0.05) is 45.7 Å². The summed E-state index contributed by atoms with van der Waals surface area (Å²) in [6.45, 7) is 7.54. The molecule has 3 amide bonds. The van der Waals surface area contributed by atoms with E-state index >= 15 is 0 Å². The molecule has 1 saturated heterocycles. The molecule has 142 valence electrons. The lowest BCUT2D eigenvalue weighted by molar-refractivity contribution is -0.133. The molecule has 0 atom stereocenters. The van der Waals surface area contributed by atoms with Gasteiger partial charge in [0.15, 0.2) is 0 Å². The average molecular weight is 378 g/mol. The Morgan fingerprint density at radius 3 is 2.62 bits per heavy atom. The first-order valence-electron chi connectivity index (χ1n) is 8.79. The van der Waals surface area contributed by atoms with Gasteiger partial charge in [0.2, 0.25) is 11.8 Å². The van der Waals surface area contributed by atoms with Gasteiger partial charge in [-0.05, 0) is 17.9 Å². The van der Waals surface area contributed by atoms with Crippen LogP contribution in [0.25, 0.3) is 0 Å². The summed E-state index contributed by atoms with van der Waals surface area (Å²) in [6.07, 6.45) is 2.70. The number of hydrogen-bond acceptors (Lipinski definition) is 5. The molecule has 0 unspecified atom stereocenters. The van der Waals surface area contributed by atoms with Crippen LogP contribution in [-0.4, -0.2) is 73.3 Å². The lowest BCUT2D eigenvalue weighted by Crippen LogP contribution is -2.51. The zero-order valence-corrected chi connectivity index (χ0v) is 15.7. The summed E-state index contributed by atoms with van der Waals surface area (Å²) < 4.78 is 0. The van der Waals surface area contributed by atoms with Gasteiger partial charge in [-0.25, -0.2) is 0 Å². The summed E-state index contributed by atoms with van der Waals surface area (Å²) in [5.74, 6) is -0.00640. The molecule has 0 aromatic carbocycles. The van der Waals surface area contributed by atoms with E-state index in [1.54, 1.807) is 12.1 Å². The van der Waals surface area contributed by atoms with E-state index in [0.29, 0.717) is 63.5 Å². The first-order chi connectivity index (χ1) is 12.6. The molecule has 0 bridgehead atoms. The van der Waals surface area contributed by atoms with E-state index in [9.17, 15) is 14.4 Å². The lowest BCUT2D eigenvalue weighted by Gasteiger charge is -2.34. The first kappa shape index (κ1) is 20.1. The van der Waals surface area contributed by atoms with Crippen LogP contribution in [0, 0.1) is 0 Å². The second-order valence-corrected chi connectivity index (χ2v) is 7.03. The Morgan fingerprint density at radius 1 is 1.19 bits per heavy atom. The number of carbonyl (C=O) groups is 3. The molecule has 2 N–H and O–H groups in total. The Labute approximate surface area is 158 Å². The molecular weight excluding hydrogens is 352 g/mol. The summed E-state index contributed by atoms with van der Waals surface area (Å²) in [5.41, 5.74) is 0. The Morgan fingerprint density at radius 2 is 1.96 bits per heavy atom. The third-order valence-electron chi connectivity index (χ3n) is 4.13. The van der Waals surface area contributed by atoms with Crippen molar-refractivity contribution in [2.45, 2.75) is 12.8 Å². The van der Waals surface area contributed by atoms with Gasteiger partial charge in [-0.1, -0.05) is 12.1 Å². The minimum Gasteiger partial charge on any atom is -0.352 e. The number of thiophene rings is 1. The number of nitrogens with zero attached hydrogens (tertiary/aromatic N) is 2. The highest BCUT2D eigenvalue weighted by molar-refractivity contribution is 7.12. The van der Waals surface area contributed by atoms with Gasteiger partial charge in [-0.2, -0.15) is 0 Å². The zero-order valence-electron chi connectivity index (χ0n) is 14.9. The summed E-state index contributed by atoms with van der Waals surface area (Å²) >= 11 is 1.40. The number of nitrogens with one attached hydrogen (secondary N) is 2. The third-order valence-corrected chi connectivity index (χ3v) is 5.00. The van der Waals surface area contributed by atoms with E-state index in [1.165, 1.54) is 11.3 Å². The topological polar surface area (TPSA) is 81.8 Å². The van der Waals surface area contributed by atoms with Crippen molar-refractivity contribution in [3.63, 3.8) is 0 Å². The van der Waals surface area contributed by atoms with E-state index < -0.39 is 0 Å². The second-order valence-electron chi connectivity index (χ2n) is 6.09. The van der Waals surface area contributed by atoms with Crippen molar-refractivity contribution < 1.29 is 14.4 Å².